The van der Waals surface area contributed by atoms with Gasteiger partial charge in [-0.05, 0) is 76.2 Å². The van der Waals surface area contributed by atoms with Crippen LogP contribution in [0.25, 0.3) is 17.2 Å². The van der Waals surface area contributed by atoms with Gasteiger partial charge >= 0.3 is 0 Å². The van der Waals surface area contributed by atoms with Crippen molar-refractivity contribution in [1.82, 2.24) is 0 Å². The number of hydrogen-bond donors (Lipinski definition) is 1. The molecule has 0 heterocycles. The summed E-state index contributed by atoms with van der Waals surface area (Å²) < 4.78 is 27.0. The van der Waals surface area contributed by atoms with Gasteiger partial charge in [0.1, 0.15) is 17.4 Å². The minimum atomic E-state index is -0.304. The predicted octanol–water partition coefficient (Wildman–Crippen LogP) is 7.42. The van der Waals surface area contributed by atoms with E-state index in [-0.39, 0.29) is 17.4 Å². The minimum Gasteiger partial charge on any atom is -0.509 e. The highest BCUT2D eigenvalue weighted by Gasteiger charge is 2.13. The van der Waals surface area contributed by atoms with Crippen LogP contribution in [-0.2, 0) is 0 Å². The van der Waals surface area contributed by atoms with Gasteiger partial charge in [0.25, 0.3) is 0 Å². The fourth-order valence-electron chi connectivity index (χ4n) is 3.30. The van der Waals surface area contributed by atoms with Gasteiger partial charge in [0, 0.05) is 0 Å². The zero-order valence-electron chi connectivity index (χ0n) is 16.2. The Hall–Kier alpha value is -3.46. The van der Waals surface area contributed by atoms with Gasteiger partial charge in [-0.15, -0.1) is 0 Å². The van der Waals surface area contributed by atoms with Gasteiger partial charge in [-0.2, -0.15) is 0 Å². The molecule has 3 aromatic carbocycles. The van der Waals surface area contributed by atoms with Gasteiger partial charge in [0.2, 0.25) is 0 Å². The summed E-state index contributed by atoms with van der Waals surface area (Å²) in [5.41, 5.74) is 5.63. The van der Waals surface area contributed by atoms with Gasteiger partial charge < -0.3 is 5.11 Å². The van der Waals surface area contributed by atoms with Crippen molar-refractivity contribution in [2.75, 3.05) is 0 Å². The Morgan fingerprint density at radius 1 is 0.862 bits per heavy atom. The second-order valence-corrected chi connectivity index (χ2v) is 6.67. The highest BCUT2D eigenvalue weighted by Crippen LogP contribution is 2.35. The third-order valence-electron chi connectivity index (χ3n) is 4.62. The second kappa shape index (κ2) is 9.16. The predicted molar refractivity (Wildman–Crippen MR) is 116 cm³/mol. The molecule has 0 aliphatic heterocycles. The van der Waals surface area contributed by atoms with Gasteiger partial charge in [-0.3, -0.25) is 0 Å². The van der Waals surface area contributed by atoms with E-state index in [4.69, 9.17) is 0 Å². The van der Waals surface area contributed by atoms with Crippen LogP contribution in [0.3, 0.4) is 0 Å². The van der Waals surface area contributed by atoms with Crippen LogP contribution in [0, 0.1) is 11.6 Å². The molecule has 1 nitrogen and oxygen atoms in total. The van der Waals surface area contributed by atoms with Crippen LogP contribution in [0.5, 0.6) is 0 Å². The molecule has 3 aromatic rings. The van der Waals surface area contributed by atoms with Crippen molar-refractivity contribution in [2.24, 2.45) is 0 Å². The maximum atomic E-state index is 13.5. The highest BCUT2D eigenvalue weighted by atomic mass is 19.1. The number of halogens is 2. The average molecular weight is 388 g/mol. The molecule has 0 spiro atoms. The molecule has 0 radical (unpaired) electrons. The minimum absolute atomic E-state index is 0.0139. The number of benzene rings is 3. The van der Waals surface area contributed by atoms with Gasteiger partial charge in [-0.1, -0.05) is 62.0 Å². The Labute approximate surface area is 170 Å². The Morgan fingerprint density at radius 3 is 1.90 bits per heavy atom. The average Bonchev–Trinajstić information content (AvgIpc) is 2.72. The molecule has 0 unspecified atom stereocenters. The molecule has 0 amide bonds. The topological polar surface area (TPSA) is 20.2 Å². The Balaban J connectivity index is 2.22. The first-order chi connectivity index (χ1) is 14.0. The molecule has 0 aliphatic rings. The normalized spacial score (nSPS) is 10.9. The number of allylic oxidation sites excluding steroid dienone is 2. The molecule has 29 heavy (non-hydrogen) atoms. The smallest absolute Gasteiger partial charge is 0.123 e. The standard InChI is InChI=1S/C26H22F2O/c1-3-25(22-6-4-5-19(17-22)8-7-18(2)29)26(20-9-13-23(27)14-10-20)21-11-15-24(28)16-12-21/h4-17,29H,2-3H2,1H3/b8-7+. The van der Waals surface area contributed by atoms with Gasteiger partial charge in [0.15, 0.2) is 0 Å². The number of aliphatic hydroxyl groups is 1. The zero-order chi connectivity index (χ0) is 20.8. The van der Waals surface area contributed by atoms with Crippen LogP contribution >= 0.6 is 0 Å². The molecule has 0 saturated heterocycles. The first-order valence-corrected chi connectivity index (χ1v) is 9.39. The lowest BCUT2D eigenvalue weighted by atomic mass is 9.87. The van der Waals surface area contributed by atoms with E-state index in [0.29, 0.717) is 0 Å². The van der Waals surface area contributed by atoms with Crippen LogP contribution in [0.15, 0.2) is 91.2 Å². The Bertz CT molecular complexity index is 1010. The van der Waals surface area contributed by atoms with E-state index in [0.717, 1.165) is 39.8 Å². The molecular weight excluding hydrogens is 366 g/mol. The molecule has 1 N–H and O–H groups in total. The monoisotopic (exact) mass is 388 g/mol. The van der Waals surface area contributed by atoms with Crippen molar-refractivity contribution in [2.45, 2.75) is 13.3 Å². The first-order valence-electron chi connectivity index (χ1n) is 9.39. The van der Waals surface area contributed by atoms with Crippen LogP contribution in [0.1, 0.15) is 35.6 Å². The number of hydrogen-bond acceptors (Lipinski definition) is 1. The van der Waals surface area contributed by atoms with E-state index >= 15 is 0 Å². The van der Waals surface area contributed by atoms with E-state index in [1.54, 1.807) is 30.3 Å². The molecule has 0 saturated carbocycles. The molecule has 3 rings (SSSR count). The zero-order valence-corrected chi connectivity index (χ0v) is 16.2. The van der Waals surface area contributed by atoms with Crippen molar-refractivity contribution in [1.29, 1.82) is 0 Å². The van der Waals surface area contributed by atoms with E-state index in [9.17, 15) is 13.9 Å². The third kappa shape index (κ3) is 5.08. The molecular formula is C26H22F2O. The lowest BCUT2D eigenvalue weighted by molar-refractivity contribution is 0.436. The summed E-state index contributed by atoms with van der Waals surface area (Å²) in [6, 6.07) is 20.6. The fourth-order valence-corrected chi connectivity index (χ4v) is 3.30. The lowest BCUT2D eigenvalue weighted by Gasteiger charge is -2.17. The van der Waals surface area contributed by atoms with Crippen LogP contribution in [-0.4, -0.2) is 5.11 Å². The highest BCUT2D eigenvalue weighted by molar-refractivity contribution is 5.98. The number of rotatable bonds is 6. The fraction of sp³-hybridized carbons (Fsp3) is 0.0769. The van der Waals surface area contributed by atoms with E-state index in [1.807, 2.05) is 24.3 Å². The SMILES string of the molecule is C=C(O)/C=C/c1cccc(C(CC)=C(c2ccc(F)cc2)c2ccc(F)cc2)c1. The van der Waals surface area contributed by atoms with Crippen molar-refractivity contribution in [3.63, 3.8) is 0 Å². The molecule has 0 aliphatic carbocycles. The lowest BCUT2D eigenvalue weighted by Crippen LogP contribution is -1.96. The van der Waals surface area contributed by atoms with Crippen molar-refractivity contribution >= 4 is 17.2 Å². The number of aliphatic hydroxyl groups excluding tert-OH is 1. The van der Waals surface area contributed by atoms with Crippen molar-refractivity contribution < 1.29 is 13.9 Å². The van der Waals surface area contributed by atoms with Gasteiger partial charge in [0.05, 0.1) is 0 Å². The molecule has 0 atom stereocenters. The van der Waals surface area contributed by atoms with E-state index in [2.05, 4.69) is 13.5 Å². The summed E-state index contributed by atoms with van der Waals surface area (Å²) in [5.74, 6) is -0.622. The summed E-state index contributed by atoms with van der Waals surface area (Å²) in [5, 5.41) is 9.32. The van der Waals surface area contributed by atoms with Crippen molar-refractivity contribution in [3.05, 3.63) is 125 Å². The first kappa shape index (κ1) is 20.3. The molecule has 0 bridgehead atoms. The maximum absolute atomic E-state index is 13.5. The van der Waals surface area contributed by atoms with Crippen LogP contribution in [0.2, 0.25) is 0 Å². The second-order valence-electron chi connectivity index (χ2n) is 6.67. The molecule has 3 heteroatoms. The summed E-state index contributed by atoms with van der Waals surface area (Å²) >= 11 is 0. The Kier molecular flexibility index (Phi) is 6.40. The van der Waals surface area contributed by atoms with Crippen LogP contribution in [0.4, 0.5) is 8.78 Å². The van der Waals surface area contributed by atoms with Crippen molar-refractivity contribution in [3.8, 4) is 0 Å². The molecule has 0 fully saturated rings. The third-order valence-corrected chi connectivity index (χ3v) is 4.62. The Morgan fingerprint density at radius 2 is 1.41 bits per heavy atom. The maximum Gasteiger partial charge on any atom is 0.123 e. The summed E-state index contributed by atoms with van der Waals surface area (Å²) in [6.45, 7) is 5.52. The van der Waals surface area contributed by atoms with Gasteiger partial charge in [-0.25, -0.2) is 8.78 Å². The van der Waals surface area contributed by atoms with E-state index in [1.165, 1.54) is 30.3 Å². The summed E-state index contributed by atoms with van der Waals surface area (Å²) in [4.78, 5) is 0. The molecule has 146 valence electrons. The quantitative estimate of drug-likeness (QED) is 0.265. The van der Waals surface area contributed by atoms with E-state index < -0.39 is 0 Å². The van der Waals surface area contributed by atoms with Crippen LogP contribution < -0.4 is 0 Å². The molecule has 0 aromatic heterocycles. The summed E-state index contributed by atoms with van der Waals surface area (Å²) in [6.07, 6.45) is 4.05. The summed E-state index contributed by atoms with van der Waals surface area (Å²) in [7, 11) is 0. The largest absolute Gasteiger partial charge is 0.509 e.